The summed E-state index contributed by atoms with van der Waals surface area (Å²) in [5.74, 6) is 2.02. The van der Waals surface area contributed by atoms with Gasteiger partial charge < -0.3 is 10.1 Å². The molecule has 0 bridgehead atoms. The monoisotopic (exact) mass is 322 g/mol. The van der Waals surface area contributed by atoms with Gasteiger partial charge in [0, 0.05) is 19.1 Å². The summed E-state index contributed by atoms with van der Waals surface area (Å²) < 4.78 is 5.67. The zero-order valence-electron chi connectivity index (χ0n) is 13.7. The molecule has 0 spiro atoms. The highest BCUT2D eigenvalue weighted by Gasteiger charge is 2.27. The highest BCUT2D eigenvalue weighted by molar-refractivity contribution is 5.50. The number of nitrogens with one attached hydrogen (secondary N) is 1. The Morgan fingerprint density at radius 2 is 2.04 bits per heavy atom. The Balaban J connectivity index is 1.36. The summed E-state index contributed by atoms with van der Waals surface area (Å²) >= 11 is 0. The van der Waals surface area contributed by atoms with Crippen molar-refractivity contribution in [3.8, 4) is 6.07 Å². The van der Waals surface area contributed by atoms with Gasteiger partial charge in [0.25, 0.3) is 0 Å². The van der Waals surface area contributed by atoms with Crippen LogP contribution in [-0.4, -0.2) is 23.1 Å². The summed E-state index contributed by atoms with van der Waals surface area (Å²) in [5.41, 5.74) is 1.71. The third-order valence-corrected chi connectivity index (χ3v) is 3.99. The van der Waals surface area contributed by atoms with Crippen LogP contribution in [0.1, 0.15) is 48.6 Å². The molecule has 124 valence electrons. The maximum atomic E-state index is 9.15. The summed E-state index contributed by atoms with van der Waals surface area (Å²) in [5, 5.41) is 12.4. The number of aromatic nitrogens is 2. The first-order valence-corrected chi connectivity index (χ1v) is 8.49. The molecule has 1 fully saturated rings. The largest absolute Gasteiger partial charge is 0.377 e. The fraction of sp³-hybridized carbons (Fsp3) is 0.421. The van der Waals surface area contributed by atoms with Gasteiger partial charge in [-0.15, -0.1) is 0 Å². The average molecular weight is 322 g/mol. The molecule has 1 aliphatic rings. The number of nitrogens with zero attached hydrogens (tertiary/aromatic N) is 3. The zero-order valence-corrected chi connectivity index (χ0v) is 13.7. The topological polar surface area (TPSA) is 70.8 Å². The molecule has 2 aromatic rings. The lowest BCUT2D eigenvalue weighted by Crippen LogP contribution is -2.08. The van der Waals surface area contributed by atoms with Crippen molar-refractivity contribution in [3.05, 3.63) is 53.5 Å². The van der Waals surface area contributed by atoms with Crippen LogP contribution in [0.15, 0.2) is 36.5 Å². The van der Waals surface area contributed by atoms with E-state index in [9.17, 15) is 0 Å². The minimum atomic E-state index is 0.490. The summed E-state index contributed by atoms with van der Waals surface area (Å²) in [4.78, 5) is 8.78. The number of hydrogen-bond acceptors (Lipinski definition) is 5. The Hall–Kier alpha value is -2.45. The van der Waals surface area contributed by atoms with Gasteiger partial charge in [-0.3, -0.25) is 0 Å². The van der Waals surface area contributed by atoms with Crippen molar-refractivity contribution < 1.29 is 4.74 Å². The van der Waals surface area contributed by atoms with E-state index in [0.717, 1.165) is 44.7 Å². The average Bonchev–Trinajstić information content (AvgIpc) is 3.47. The number of nitriles is 1. The third-order valence-electron chi connectivity index (χ3n) is 3.99. The predicted molar refractivity (Wildman–Crippen MR) is 92.5 cm³/mol. The molecular formula is C19H22N4O. The second-order valence-corrected chi connectivity index (χ2v) is 6.05. The predicted octanol–water partition coefficient (Wildman–Crippen LogP) is 3.63. The summed E-state index contributed by atoms with van der Waals surface area (Å²) in [6.45, 7) is 2.17. The maximum Gasteiger partial charge on any atom is 0.147 e. The van der Waals surface area contributed by atoms with Crippen molar-refractivity contribution in [1.29, 1.82) is 5.26 Å². The quantitative estimate of drug-likeness (QED) is 0.714. The van der Waals surface area contributed by atoms with E-state index in [-0.39, 0.29) is 0 Å². The van der Waals surface area contributed by atoms with Crippen molar-refractivity contribution in [3.63, 3.8) is 0 Å². The third kappa shape index (κ3) is 4.77. The van der Waals surface area contributed by atoms with Crippen LogP contribution < -0.4 is 5.32 Å². The van der Waals surface area contributed by atoms with E-state index in [1.165, 1.54) is 5.56 Å². The minimum Gasteiger partial charge on any atom is -0.377 e. The normalized spacial score (nSPS) is 13.5. The summed E-state index contributed by atoms with van der Waals surface area (Å²) in [6.07, 6.45) is 5.89. The molecule has 0 atom stereocenters. The standard InChI is InChI=1S/C19H22N4O/c20-12-17-13-22-18(16-8-9-16)23-19(17)21-10-4-5-11-24-14-15-6-2-1-3-7-15/h1-3,6-7,13,16H,4-5,8-11,14H2,(H,21,22,23). The second-order valence-electron chi connectivity index (χ2n) is 6.05. The molecular weight excluding hydrogens is 300 g/mol. The summed E-state index contributed by atoms with van der Waals surface area (Å²) in [7, 11) is 0. The highest BCUT2D eigenvalue weighted by atomic mass is 16.5. The van der Waals surface area contributed by atoms with Gasteiger partial charge in [-0.25, -0.2) is 9.97 Å². The van der Waals surface area contributed by atoms with Gasteiger partial charge in [0.15, 0.2) is 0 Å². The first-order chi connectivity index (χ1) is 11.9. The fourth-order valence-corrected chi connectivity index (χ4v) is 2.45. The van der Waals surface area contributed by atoms with Crippen LogP contribution in [0.2, 0.25) is 0 Å². The Labute approximate surface area is 142 Å². The van der Waals surface area contributed by atoms with E-state index < -0.39 is 0 Å². The summed E-state index contributed by atoms with van der Waals surface area (Å²) in [6, 6.07) is 12.3. The molecule has 3 rings (SSSR count). The van der Waals surface area contributed by atoms with Crippen LogP contribution in [0.5, 0.6) is 0 Å². The van der Waals surface area contributed by atoms with Gasteiger partial charge in [-0.05, 0) is 31.2 Å². The maximum absolute atomic E-state index is 9.15. The molecule has 0 unspecified atom stereocenters. The van der Waals surface area contributed by atoms with Crippen LogP contribution >= 0.6 is 0 Å². The van der Waals surface area contributed by atoms with Crippen LogP contribution in [0.25, 0.3) is 0 Å². The molecule has 0 saturated heterocycles. The molecule has 0 aliphatic heterocycles. The molecule has 1 saturated carbocycles. The number of ether oxygens (including phenoxy) is 1. The number of hydrogen-bond donors (Lipinski definition) is 1. The Morgan fingerprint density at radius 1 is 1.21 bits per heavy atom. The van der Waals surface area contributed by atoms with Crippen molar-refractivity contribution in [2.45, 2.75) is 38.2 Å². The van der Waals surface area contributed by atoms with Gasteiger partial charge in [0.2, 0.25) is 0 Å². The lowest BCUT2D eigenvalue weighted by atomic mass is 10.2. The van der Waals surface area contributed by atoms with Crippen molar-refractivity contribution in [2.75, 3.05) is 18.5 Å². The number of benzene rings is 1. The Morgan fingerprint density at radius 3 is 2.79 bits per heavy atom. The van der Waals surface area contributed by atoms with Gasteiger partial charge in [-0.2, -0.15) is 5.26 Å². The van der Waals surface area contributed by atoms with E-state index >= 15 is 0 Å². The first-order valence-electron chi connectivity index (χ1n) is 8.49. The van der Waals surface area contributed by atoms with Crippen LogP contribution in [0.4, 0.5) is 5.82 Å². The smallest absolute Gasteiger partial charge is 0.147 e. The molecule has 1 N–H and O–H groups in total. The molecule has 24 heavy (non-hydrogen) atoms. The van der Waals surface area contributed by atoms with E-state index in [1.54, 1.807) is 6.20 Å². The zero-order chi connectivity index (χ0) is 16.6. The van der Waals surface area contributed by atoms with E-state index in [0.29, 0.717) is 23.9 Å². The van der Waals surface area contributed by atoms with Crippen molar-refractivity contribution in [2.24, 2.45) is 0 Å². The lowest BCUT2D eigenvalue weighted by Gasteiger charge is -2.09. The lowest BCUT2D eigenvalue weighted by molar-refractivity contribution is 0.118. The molecule has 0 amide bonds. The number of anilines is 1. The molecule has 1 aliphatic carbocycles. The highest BCUT2D eigenvalue weighted by Crippen LogP contribution is 2.38. The minimum absolute atomic E-state index is 0.490. The Bertz CT molecular complexity index is 692. The number of rotatable bonds is 9. The van der Waals surface area contributed by atoms with E-state index in [4.69, 9.17) is 10.00 Å². The second kappa shape index (κ2) is 8.42. The van der Waals surface area contributed by atoms with Gasteiger partial charge >= 0.3 is 0 Å². The van der Waals surface area contributed by atoms with Crippen LogP contribution in [-0.2, 0) is 11.3 Å². The van der Waals surface area contributed by atoms with Crippen molar-refractivity contribution in [1.82, 2.24) is 9.97 Å². The van der Waals surface area contributed by atoms with Gasteiger partial charge in [0.1, 0.15) is 23.3 Å². The van der Waals surface area contributed by atoms with Crippen molar-refractivity contribution >= 4 is 5.82 Å². The van der Waals surface area contributed by atoms with Crippen LogP contribution in [0.3, 0.4) is 0 Å². The SMILES string of the molecule is N#Cc1cnc(C2CC2)nc1NCCCCOCc1ccccc1. The Kier molecular flexibility index (Phi) is 5.75. The molecule has 1 aromatic heterocycles. The van der Waals surface area contributed by atoms with E-state index in [1.807, 2.05) is 18.2 Å². The first kappa shape index (κ1) is 16.4. The molecule has 0 radical (unpaired) electrons. The van der Waals surface area contributed by atoms with Gasteiger partial charge in [-0.1, -0.05) is 30.3 Å². The molecule has 1 aromatic carbocycles. The van der Waals surface area contributed by atoms with Crippen LogP contribution in [0, 0.1) is 11.3 Å². The fourth-order valence-electron chi connectivity index (χ4n) is 2.45. The van der Waals surface area contributed by atoms with Gasteiger partial charge in [0.05, 0.1) is 12.8 Å². The van der Waals surface area contributed by atoms with E-state index in [2.05, 4.69) is 33.5 Å². The molecule has 1 heterocycles. The molecule has 5 nitrogen and oxygen atoms in total. The number of unbranched alkanes of at least 4 members (excludes halogenated alkanes) is 1. The molecule has 5 heteroatoms.